The van der Waals surface area contributed by atoms with Crippen molar-refractivity contribution < 1.29 is 13.2 Å². The summed E-state index contributed by atoms with van der Waals surface area (Å²) >= 11 is 1.60. The number of ether oxygens (including phenoxy) is 1. The highest BCUT2D eigenvalue weighted by Crippen LogP contribution is 2.29. The van der Waals surface area contributed by atoms with Crippen molar-refractivity contribution in [3.8, 4) is 0 Å². The summed E-state index contributed by atoms with van der Waals surface area (Å²) in [5.74, 6) is 0. The van der Waals surface area contributed by atoms with Crippen LogP contribution in [0.2, 0.25) is 0 Å². The second kappa shape index (κ2) is 7.35. The average Bonchev–Trinajstić information content (AvgIpc) is 3.08. The van der Waals surface area contributed by atoms with Crippen LogP contribution in [0.15, 0.2) is 40.6 Å². The Morgan fingerprint density at radius 2 is 1.96 bits per heavy atom. The third kappa shape index (κ3) is 3.72. The minimum atomic E-state index is -3.55. The molecule has 2 aromatic rings. The number of aryl methyl sites for hydroxylation is 2. The van der Waals surface area contributed by atoms with Crippen LogP contribution in [0.5, 0.6) is 0 Å². The Hall–Kier alpha value is -1.21. The molecule has 0 aliphatic carbocycles. The lowest BCUT2D eigenvalue weighted by atomic mass is 10.1. The highest BCUT2D eigenvalue weighted by Gasteiger charge is 2.33. The fraction of sp³-hybridized carbons (Fsp3) is 0.444. The molecule has 1 aliphatic heterocycles. The van der Waals surface area contributed by atoms with Gasteiger partial charge in [0.2, 0.25) is 10.0 Å². The number of thiophene rings is 1. The molecule has 1 fully saturated rings. The van der Waals surface area contributed by atoms with Gasteiger partial charge in [-0.2, -0.15) is 4.31 Å². The molecule has 24 heavy (non-hydrogen) atoms. The first kappa shape index (κ1) is 17.6. The van der Waals surface area contributed by atoms with E-state index < -0.39 is 10.0 Å². The SMILES string of the molecule is Cc1ccc(C)c(S(=O)(=O)N(Cc2cccs2)C2CCOCC2)c1. The van der Waals surface area contributed by atoms with Crippen LogP contribution < -0.4 is 0 Å². The highest BCUT2D eigenvalue weighted by atomic mass is 32.2. The monoisotopic (exact) mass is 365 g/mol. The molecule has 3 rings (SSSR count). The van der Waals surface area contributed by atoms with Gasteiger partial charge in [-0.05, 0) is 55.3 Å². The minimum Gasteiger partial charge on any atom is -0.381 e. The highest BCUT2D eigenvalue weighted by molar-refractivity contribution is 7.89. The van der Waals surface area contributed by atoms with Gasteiger partial charge in [0.15, 0.2) is 0 Å². The zero-order valence-corrected chi connectivity index (χ0v) is 15.7. The summed E-state index contributed by atoms with van der Waals surface area (Å²) in [6.45, 7) is 5.45. The Kier molecular flexibility index (Phi) is 5.39. The molecular weight excluding hydrogens is 342 g/mol. The van der Waals surface area contributed by atoms with Crippen LogP contribution in [-0.4, -0.2) is 32.0 Å². The van der Waals surface area contributed by atoms with E-state index in [-0.39, 0.29) is 6.04 Å². The second-order valence-electron chi connectivity index (χ2n) is 6.24. The predicted octanol–water partition coefficient (Wildman–Crippen LogP) is 3.73. The Bertz CT molecular complexity index is 779. The van der Waals surface area contributed by atoms with Crippen molar-refractivity contribution in [2.24, 2.45) is 0 Å². The third-order valence-corrected chi connectivity index (χ3v) is 7.32. The first-order valence-corrected chi connectivity index (χ1v) is 10.5. The Morgan fingerprint density at radius 3 is 2.62 bits per heavy atom. The van der Waals surface area contributed by atoms with E-state index in [2.05, 4.69) is 0 Å². The fourth-order valence-electron chi connectivity index (χ4n) is 3.05. The molecule has 0 N–H and O–H groups in total. The first-order chi connectivity index (χ1) is 11.5. The molecule has 1 aromatic carbocycles. The molecule has 4 nitrogen and oxygen atoms in total. The molecular formula is C18H23NO3S2. The van der Waals surface area contributed by atoms with Gasteiger partial charge >= 0.3 is 0 Å². The summed E-state index contributed by atoms with van der Waals surface area (Å²) < 4.78 is 34.0. The molecule has 0 unspecified atom stereocenters. The smallest absolute Gasteiger partial charge is 0.243 e. The minimum absolute atomic E-state index is 0.00855. The summed E-state index contributed by atoms with van der Waals surface area (Å²) in [7, 11) is -3.55. The largest absolute Gasteiger partial charge is 0.381 e. The lowest BCUT2D eigenvalue weighted by molar-refractivity contribution is 0.0571. The molecule has 6 heteroatoms. The van der Waals surface area contributed by atoms with Crippen molar-refractivity contribution in [1.29, 1.82) is 0 Å². The third-order valence-electron chi connectivity index (χ3n) is 4.42. The quantitative estimate of drug-likeness (QED) is 0.811. The van der Waals surface area contributed by atoms with E-state index in [0.717, 1.165) is 28.8 Å². The van der Waals surface area contributed by atoms with Crippen molar-refractivity contribution in [1.82, 2.24) is 4.31 Å². The summed E-state index contributed by atoms with van der Waals surface area (Å²) in [4.78, 5) is 1.49. The zero-order valence-electron chi connectivity index (χ0n) is 14.1. The van der Waals surface area contributed by atoms with E-state index in [1.165, 1.54) is 0 Å². The van der Waals surface area contributed by atoms with Crippen molar-refractivity contribution in [3.63, 3.8) is 0 Å². The van der Waals surface area contributed by atoms with E-state index in [4.69, 9.17) is 4.74 Å². The molecule has 0 spiro atoms. The topological polar surface area (TPSA) is 46.6 Å². The molecule has 0 atom stereocenters. The van der Waals surface area contributed by atoms with E-state index >= 15 is 0 Å². The zero-order chi connectivity index (χ0) is 17.2. The van der Waals surface area contributed by atoms with Gasteiger partial charge in [0.25, 0.3) is 0 Å². The van der Waals surface area contributed by atoms with Crippen LogP contribution in [0, 0.1) is 13.8 Å². The van der Waals surface area contributed by atoms with Crippen molar-refractivity contribution in [3.05, 3.63) is 51.7 Å². The Labute approximate surface area is 148 Å². The number of nitrogens with zero attached hydrogens (tertiary/aromatic N) is 1. The molecule has 1 aromatic heterocycles. The van der Waals surface area contributed by atoms with Gasteiger partial charge in [-0.1, -0.05) is 18.2 Å². The van der Waals surface area contributed by atoms with Gasteiger partial charge in [0, 0.05) is 30.7 Å². The van der Waals surface area contributed by atoms with Crippen LogP contribution >= 0.6 is 11.3 Å². The van der Waals surface area contributed by atoms with E-state index in [9.17, 15) is 8.42 Å². The maximum atomic E-state index is 13.4. The van der Waals surface area contributed by atoms with Gasteiger partial charge in [0.05, 0.1) is 4.90 Å². The van der Waals surface area contributed by atoms with E-state index in [1.54, 1.807) is 21.7 Å². The predicted molar refractivity (Wildman–Crippen MR) is 96.8 cm³/mol. The van der Waals surface area contributed by atoms with Crippen LogP contribution in [0.3, 0.4) is 0 Å². The summed E-state index contributed by atoms with van der Waals surface area (Å²) in [5, 5.41) is 1.99. The van der Waals surface area contributed by atoms with Gasteiger partial charge in [-0.25, -0.2) is 8.42 Å². The number of hydrogen-bond donors (Lipinski definition) is 0. The number of sulfonamides is 1. The normalized spacial score (nSPS) is 16.6. The summed E-state index contributed by atoms with van der Waals surface area (Å²) in [6.07, 6.45) is 1.49. The van der Waals surface area contributed by atoms with E-state index in [1.807, 2.05) is 43.5 Å². The lowest BCUT2D eigenvalue weighted by Gasteiger charge is -2.33. The van der Waals surface area contributed by atoms with Gasteiger partial charge in [-0.15, -0.1) is 11.3 Å². The molecule has 130 valence electrons. The maximum Gasteiger partial charge on any atom is 0.243 e. The van der Waals surface area contributed by atoms with Crippen molar-refractivity contribution in [2.45, 2.75) is 44.2 Å². The fourth-order valence-corrected chi connectivity index (χ4v) is 5.81. The van der Waals surface area contributed by atoms with Crippen LogP contribution in [-0.2, 0) is 21.3 Å². The Morgan fingerprint density at radius 1 is 1.21 bits per heavy atom. The van der Waals surface area contributed by atoms with Crippen LogP contribution in [0.4, 0.5) is 0 Å². The first-order valence-electron chi connectivity index (χ1n) is 8.18. The molecule has 2 heterocycles. The molecule has 0 bridgehead atoms. The van der Waals surface area contributed by atoms with Crippen LogP contribution in [0.1, 0.15) is 28.8 Å². The lowest BCUT2D eigenvalue weighted by Crippen LogP contribution is -2.43. The van der Waals surface area contributed by atoms with Gasteiger partial charge < -0.3 is 4.74 Å². The number of rotatable bonds is 5. The molecule has 0 radical (unpaired) electrons. The number of benzene rings is 1. The van der Waals surface area contributed by atoms with Gasteiger partial charge in [0.1, 0.15) is 0 Å². The Balaban J connectivity index is 2.00. The molecule has 0 amide bonds. The van der Waals surface area contributed by atoms with Crippen LogP contribution in [0.25, 0.3) is 0 Å². The van der Waals surface area contributed by atoms with E-state index in [0.29, 0.717) is 24.7 Å². The van der Waals surface area contributed by atoms with Gasteiger partial charge in [-0.3, -0.25) is 0 Å². The van der Waals surface area contributed by atoms with Crippen molar-refractivity contribution in [2.75, 3.05) is 13.2 Å². The summed E-state index contributed by atoms with van der Waals surface area (Å²) in [5.41, 5.74) is 1.76. The molecule has 0 saturated carbocycles. The second-order valence-corrected chi connectivity index (χ2v) is 9.13. The standard InChI is InChI=1S/C18H23NO3S2/c1-14-5-6-15(2)18(12-14)24(20,21)19(13-17-4-3-11-23-17)16-7-9-22-10-8-16/h3-6,11-12,16H,7-10,13H2,1-2H3. The van der Waals surface area contributed by atoms with Crippen molar-refractivity contribution >= 4 is 21.4 Å². The number of hydrogen-bond acceptors (Lipinski definition) is 4. The molecule has 1 aliphatic rings. The molecule has 1 saturated heterocycles. The summed E-state index contributed by atoms with van der Waals surface area (Å²) in [6, 6.07) is 9.57. The average molecular weight is 366 g/mol. The maximum absolute atomic E-state index is 13.4.